The van der Waals surface area contributed by atoms with Gasteiger partial charge in [0.2, 0.25) is 10.0 Å². The first-order valence-corrected chi connectivity index (χ1v) is 12.3. The van der Waals surface area contributed by atoms with E-state index >= 15 is 0 Å². The molecule has 0 aliphatic carbocycles. The Labute approximate surface area is 208 Å². The molecule has 190 valence electrons. The van der Waals surface area contributed by atoms with Crippen molar-refractivity contribution >= 4 is 56.6 Å². The van der Waals surface area contributed by atoms with E-state index in [1.165, 1.54) is 6.07 Å². The lowest BCUT2D eigenvalue weighted by Gasteiger charge is -2.31. The predicted octanol–water partition coefficient (Wildman–Crippen LogP) is 3.45. The molecule has 0 spiro atoms. The molecule has 3 N–H and O–H groups in total. The smallest absolute Gasteiger partial charge is 0.417 e. The van der Waals surface area contributed by atoms with Gasteiger partial charge >= 0.3 is 12.1 Å². The van der Waals surface area contributed by atoms with Crippen molar-refractivity contribution in [2.24, 2.45) is 11.1 Å². The van der Waals surface area contributed by atoms with Crippen molar-refractivity contribution < 1.29 is 35.9 Å². The molecule has 0 unspecified atom stereocenters. The van der Waals surface area contributed by atoms with Crippen LogP contribution in [0.15, 0.2) is 35.4 Å². The Bertz CT molecular complexity index is 1200. The van der Waals surface area contributed by atoms with Crippen LogP contribution in [0.5, 0.6) is 0 Å². The fraction of sp³-hybridized carbons (Fsp3) is 0.350. The highest BCUT2D eigenvalue weighted by molar-refractivity contribution is 7.89. The molecule has 9 nitrogen and oxygen atoms in total. The summed E-state index contributed by atoms with van der Waals surface area (Å²) in [4.78, 5) is 29.8. The summed E-state index contributed by atoms with van der Waals surface area (Å²) in [5.74, 6) is -1.50. The largest absolute Gasteiger partial charge is 0.455 e. The van der Waals surface area contributed by atoms with E-state index in [0.717, 1.165) is 24.4 Å². The Hall–Kier alpha value is -2.61. The van der Waals surface area contributed by atoms with Gasteiger partial charge in [-0.25, -0.2) is 18.5 Å². The number of nitrogens with zero attached hydrogens (tertiary/aromatic N) is 2. The molecule has 1 fully saturated rings. The van der Waals surface area contributed by atoms with Gasteiger partial charge in [0, 0.05) is 19.3 Å². The first-order chi connectivity index (χ1) is 16.3. The number of alkyl halides is 3. The van der Waals surface area contributed by atoms with E-state index in [2.05, 4.69) is 10.3 Å². The van der Waals surface area contributed by atoms with Crippen molar-refractivity contribution in [1.82, 2.24) is 4.98 Å². The number of nitrogens with one attached hydrogen (secondary N) is 1. The zero-order valence-corrected chi connectivity index (χ0v) is 20.1. The number of rotatable bonds is 6. The summed E-state index contributed by atoms with van der Waals surface area (Å²) < 4.78 is 65.9. The predicted molar refractivity (Wildman–Crippen MR) is 122 cm³/mol. The van der Waals surface area contributed by atoms with Crippen LogP contribution in [-0.4, -0.2) is 45.0 Å². The number of carbonyl (C=O) groups is 2. The normalized spacial score (nSPS) is 15.1. The fourth-order valence-corrected chi connectivity index (χ4v) is 4.62. The van der Waals surface area contributed by atoms with E-state index in [9.17, 15) is 31.2 Å². The Morgan fingerprint density at radius 1 is 1.17 bits per heavy atom. The van der Waals surface area contributed by atoms with Gasteiger partial charge in [-0.1, -0.05) is 23.2 Å². The van der Waals surface area contributed by atoms with Crippen LogP contribution in [0.25, 0.3) is 0 Å². The summed E-state index contributed by atoms with van der Waals surface area (Å²) in [6.07, 6.45) is -3.00. The number of aromatic nitrogens is 1. The molecule has 35 heavy (non-hydrogen) atoms. The summed E-state index contributed by atoms with van der Waals surface area (Å²) in [6, 6.07) is 4.26. The lowest BCUT2D eigenvalue weighted by Crippen LogP contribution is -2.38. The molecule has 15 heteroatoms. The molecule has 0 atom stereocenters. The molecule has 1 aliphatic rings. The van der Waals surface area contributed by atoms with Crippen molar-refractivity contribution in [2.45, 2.75) is 23.9 Å². The van der Waals surface area contributed by atoms with Crippen LogP contribution < -0.4 is 15.4 Å². The number of anilines is 2. The topological polar surface area (TPSA) is 132 Å². The van der Waals surface area contributed by atoms with Gasteiger partial charge in [-0.15, -0.1) is 0 Å². The monoisotopic (exact) mass is 554 g/mol. The molecule has 1 aromatic carbocycles. The van der Waals surface area contributed by atoms with E-state index in [1.54, 1.807) is 4.90 Å². The maximum Gasteiger partial charge on any atom is 0.417 e. The molecular weight excluding hydrogens is 536 g/mol. The molecule has 1 saturated heterocycles. The minimum atomic E-state index is -4.47. The highest BCUT2D eigenvalue weighted by Crippen LogP contribution is 2.33. The number of ether oxygens (including phenoxy) is 1. The van der Waals surface area contributed by atoms with Gasteiger partial charge in [-0.05, 0) is 37.1 Å². The van der Waals surface area contributed by atoms with Crippen LogP contribution in [-0.2, 0) is 30.5 Å². The molecule has 2 heterocycles. The number of benzene rings is 1. The number of sulfonamides is 1. The Morgan fingerprint density at radius 3 is 2.26 bits per heavy atom. The quantitative estimate of drug-likeness (QED) is 0.522. The van der Waals surface area contributed by atoms with Crippen LogP contribution in [0.1, 0.15) is 18.4 Å². The SMILES string of the molecule is NS(=O)(=O)c1cc(Cl)c(NC(=O)COC(=O)C2CCN(c3ccc(C(F)(F)F)cn3)CC2)c(Cl)c1. The Kier molecular flexibility index (Phi) is 8.14. The van der Waals surface area contributed by atoms with Gasteiger partial charge in [0.05, 0.1) is 32.1 Å². The third kappa shape index (κ3) is 6.97. The first kappa shape index (κ1) is 27.0. The molecular formula is C20H19Cl2F3N4O5S. The van der Waals surface area contributed by atoms with Crippen molar-refractivity contribution in [3.8, 4) is 0 Å². The van der Waals surface area contributed by atoms with E-state index in [0.29, 0.717) is 31.7 Å². The van der Waals surface area contributed by atoms with Crippen LogP contribution in [0.3, 0.4) is 0 Å². The van der Waals surface area contributed by atoms with Crippen molar-refractivity contribution in [2.75, 3.05) is 29.9 Å². The Balaban J connectivity index is 1.50. The third-order valence-corrected chi connectivity index (χ3v) is 6.67. The van der Waals surface area contributed by atoms with Crippen LogP contribution in [0, 0.1) is 5.92 Å². The zero-order valence-electron chi connectivity index (χ0n) is 17.8. The highest BCUT2D eigenvalue weighted by Gasteiger charge is 2.32. The average molecular weight is 555 g/mol. The second kappa shape index (κ2) is 10.6. The summed E-state index contributed by atoms with van der Waals surface area (Å²) in [5, 5.41) is 7.02. The number of hydrogen-bond donors (Lipinski definition) is 2. The summed E-state index contributed by atoms with van der Waals surface area (Å²) in [7, 11) is -4.06. The van der Waals surface area contributed by atoms with Crippen LogP contribution in [0.4, 0.5) is 24.7 Å². The molecule has 0 radical (unpaired) electrons. The first-order valence-electron chi connectivity index (χ1n) is 10.0. The molecule has 0 saturated carbocycles. The Morgan fingerprint density at radius 2 is 1.77 bits per heavy atom. The van der Waals surface area contributed by atoms with Crippen molar-refractivity contribution in [3.63, 3.8) is 0 Å². The van der Waals surface area contributed by atoms with Crippen LogP contribution >= 0.6 is 23.2 Å². The summed E-state index contributed by atoms with van der Waals surface area (Å²) in [5.41, 5.74) is -0.917. The molecule has 1 amide bonds. The second-order valence-electron chi connectivity index (χ2n) is 7.63. The molecule has 3 rings (SSSR count). The standard InChI is InChI=1S/C20H19Cl2F3N4O5S/c21-14-7-13(35(26,32)33)8-15(22)18(14)28-17(30)10-34-19(31)11-3-5-29(6-4-11)16-2-1-12(9-27-16)20(23,24)25/h1-2,7-9,11H,3-6,10H2,(H,28,30)(H2,26,32,33). The molecule has 1 aromatic heterocycles. The van der Waals surface area contributed by atoms with Gasteiger partial charge < -0.3 is 15.0 Å². The van der Waals surface area contributed by atoms with Gasteiger partial charge in [0.25, 0.3) is 5.91 Å². The number of pyridine rings is 1. The zero-order chi connectivity index (χ0) is 26.0. The number of esters is 1. The number of amides is 1. The van der Waals surface area contributed by atoms with E-state index in [4.69, 9.17) is 33.1 Å². The average Bonchev–Trinajstić information content (AvgIpc) is 2.78. The highest BCUT2D eigenvalue weighted by atomic mass is 35.5. The maximum atomic E-state index is 12.7. The van der Waals surface area contributed by atoms with Gasteiger partial charge in [-0.2, -0.15) is 13.2 Å². The van der Waals surface area contributed by atoms with E-state index in [-0.39, 0.29) is 20.6 Å². The maximum absolute atomic E-state index is 12.7. The fourth-order valence-electron chi connectivity index (χ4n) is 3.35. The summed E-state index contributed by atoms with van der Waals surface area (Å²) >= 11 is 11.9. The van der Waals surface area contributed by atoms with E-state index < -0.39 is 46.2 Å². The minimum Gasteiger partial charge on any atom is -0.455 e. The third-order valence-electron chi connectivity index (χ3n) is 5.18. The van der Waals surface area contributed by atoms with Crippen LogP contribution in [0.2, 0.25) is 10.0 Å². The van der Waals surface area contributed by atoms with Gasteiger partial charge in [-0.3, -0.25) is 9.59 Å². The molecule has 0 bridgehead atoms. The lowest BCUT2D eigenvalue weighted by molar-refractivity contribution is -0.152. The number of carbonyl (C=O) groups excluding carboxylic acids is 2. The second-order valence-corrected chi connectivity index (χ2v) is 10.0. The van der Waals surface area contributed by atoms with Crippen molar-refractivity contribution in [1.29, 1.82) is 0 Å². The summed E-state index contributed by atoms with van der Waals surface area (Å²) in [6.45, 7) is 0.0982. The number of halogens is 5. The molecule has 1 aliphatic heterocycles. The number of nitrogens with two attached hydrogens (primary N) is 1. The van der Waals surface area contributed by atoms with E-state index in [1.807, 2.05) is 0 Å². The van der Waals surface area contributed by atoms with Crippen molar-refractivity contribution in [3.05, 3.63) is 46.1 Å². The molecule has 2 aromatic rings. The lowest BCUT2D eigenvalue weighted by atomic mass is 9.97. The number of piperidine rings is 1. The minimum absolute atomic E-state index is 0.0702. The number of primary sulfonamides is 1. The van der Waals surface area contributed by atoms with Gasteiger partial charge in [0.1, 0.15) is 5.82 Å². The van der Waals surface area contributed by atoms with Gasteiger partial charge in [0.15, 0.2) is 6.61 Å². The number of hydrogen-bond acceptors (Lipinski definition) is 7.